The van der Waals surface area contributed by atoms with Crippen molar-refractivity contribution in [3.05, 3.63) is 58.2 Å². The van der Waals surface area contributed by atoms with E-state index in [1.807, 2.05) is 37.3 Å². The maximum absolute atomic E-state index is 12.2. The third kappa shape index (κ3) is 2.58. The molecule has 0 aliphatic rings. The molecular formula is C15H12BrN3O. The van der Waals surface area contributed by atoms with Gasteiger partial charge in [-0.15, -0.1) is 0 Å². The van der Waals surface area contributed by atoms with Crippen LogP contribution in [0.1, 0.15) is 15.9 Å². The Bertz CT molecular complexity index is 774. The van der Waals surface area contributed by atoms with E-state index < -0.39 is 0 Å². The number of hydrogen-bond acceptors (Lipinski definition) is 2. The number of aryl methyl sites for hydroxylation is 1. The standard InChI is InChI=1S/C15H12BrN3O/c1-9-4-11(6-12(16)5-9)15(20)18-13-3-2-10-8-17-19-14(10)7-13/h2-8H,1H3,(H,17,19)(H,18,20). The monoisotopic (exact) mass is 329 g/mol. The van der Waals surface area contributed by atoms with Gasteiger partial charge in [0.05, 0.1) is 11.7 Å². The maximum atomic E-state index is 12.2. The Morgan fingerprint density at radius 2 is 2.10 bits per heavy atom. The molecular weight excluding hydrogens is 318 g/mol. The summed E-state index contributed by atoms with van der Waals surface area (Å²) >= 11 is 3.40. The largest absolute Gasteiger partial charge is 0.322 e. The Kier molecular flexibility index (Phi) is 3.28. The number of nitrogens with one attached hydrogen (secondary N) is 2. The number of aromatic nitrogens is 2. The second kappa shape index (κ2) is 5.09. The molecule has 0 saturated heterocycles. The molecule has 1 aromatic heterocycles. The molecule has 1 amide bonds. The van der Waals surface area contributed by atoms with Gasteiger partial charge < -0.3 is 5.32 Å². The van der Waals surface area contributed by atoms with Crippen LogP contribution in [-0.4, -0.2) is 16.1 Å². The highest BCUT2D eigenvalue weighted by atomic mass is 79.9. The third-order valence-electron chi connectivity index (χ3n) is 3.00. The van der Waals surface area contributed by atoms with Gasteiger partial charge in [0.1, 0.15) is 0 Å². The van der Waals surface area contributed by atoms with E-state index in [9.17, 15) is 4.79 Å². The maximum Gasteiger partial charge on any atom is 0.255 e. The SMILES string of the molecule is Cc1cc(Br)cc(C(=O)Nc2ccc3cn[nH]c3c2)c1. The first-order chi connectivity index (χ1) is 9.61. The summed E-state index contributed by atoms with van der Waals surface area (Å²) in [6.07, 6.45) is 1.75. The van der Waals surface area contributed by atoms with Crippen molar-refractivity contribution < 1.29 is 4.79 Å². The number of aromatic amines is 1. The number of hydrogen-bond donors (Lipinski definition) is 2. The molecule has 0 aliphatic heterocycles. The second-order valence-electron chi connectivity index (χ2n) is 4.64. The molecule has 3 rings (SSSR count). The van der Waals surface area contributed by atoms with Crippen LogP contribution in [0.5, 0.6) is 0 Å². The topological polar surface area (TPSA) is 57.8 Å². The number of carbonyl (C=O) groups excluding carboxylic acids is 1. The van der Waals surface area contributed by atoms with E-state index in [1.165, 1.54) is 0 Å². The molecule has 0 bridgehead atoms. The van der Waals surface area contributed by atoms with E-state index >= 15 is 0 Å². The molecule has 3 aromatic rings. The number of H-pyrrole nitrogens is 1. The quantitative estimate of drug-likeness (QED) is 0.749. The van der Waals surface area contributed by atoms with Crippen molar-refractivity contribution in [2.45, 2.75) is 6.92 Å². The zero-order valence-electron chi connectivity index (χ0n) is 10.8. The van der Waals surface area contributed by atoms with Crippen LogP contribution in [0.25, 0.3) is 10.9 Å². The predicted molar refractivity (Wildman–Crippen MR) is 82.9 cm³/mol. The van der Waals surface area contributed by atoms with Crippen molar-refractivity contribution in [1.82, 2.24) is 10.2 Å². The van der Waals surface area contributed by atoms with Gasteiger partial charge in [0.25, 0.3) is 5.91 Å². The van der Waals surface area contributed by atoms with Crippen molar-refractivity contribution in [2.24, 2.45) is 0 Å². The Labute approximate surface area is 124 Å². The van der Waals surface area contributed by atoms with Gasteiger partial charge in [-0.05, 0) is 48.9 Å². The highest BCUT2D eigenvalue weighted by molar-refractivity contribution is 9.10. The number of amides is 1. The minimum Gasteiger partial charge on any atom is -0.322 e. The molecule has 0 aliphatic carbocycles. The molecule has 2 aromatic carbocycles. The van der Waals surface area contributed by atoms with Crippen molar-refractivity contribution in [3.8, 4) is 0 Å². The molecule has 5 heteroatoms. The van der Waals surface area contributed by atoms with Crippen molar-refractivity contribution >= 4 is 38.4 Å². The summed E-state index contributed by atoms with van der Waals surface area (Å²) in [6.45, 7) is 1.96. The third-order valence-corrected chi connectivity index (χ3v) is 3.46. The van der Waals surface area contributed by atoms with Gasteiger partial charge in [-0.1, -0.05) is 15.9 Å². The number of rotatable bonds is 2. The van der Waals surface area contributed by atoms with Gasteiger partial charge in [-0.25, -0.2) is 0 Å². The van der Waals surface area contributed by atoms with Crippen molar-refractivity contribution in [2.75, 3.05) is 5.32 Å². The Morgan fingerprint density at radius 1 is 1.25 bits per heavy atom. The molecule has 20 heavy (non-hydrogen) atoms. The van der Waals surface area contributed by atoms with Crippen molar-refractivity contribution in [3.63, 3.8) is 0 Å². The molecule has 0 atom stereocenters. The van der Waals surface area contributed by atoms with Crippen LogP contribution in [0.4, 0.5) is 5.69 Å². The fourth-order valence-electron chi connectivity index (χ4n) is 2.09. The molecule has 4 nitrogen and oxygen atoms in total. The lowest BCUT2D eigenvalue weighted by Crippen LogP contribution is -2.12. The van der Waals surface area contributed by atoms with Gasteiger partial charge in [0, 0.05) is 21.1 Å². The van der Waals surface area contributed by atoms with Crippen LogP contribution in [0.2, 0.25) is 0 Å². The lowest BCUT2D eigenvalue weighted by Gasteiger charge is -2.07. The normalized spacial score (nSPS) is 10.7. The van der Waals surface area contributed by atoms with Crippen LogP contribution < -0.4 is 5.32 Å². The van der Waals surface area contributed by atoms with Gasteiger partial charge >= 0.3 is 0 Å². The molecule has 0 radical (unpaired) electrons. The zero-order valence-corrected chi connectivity index (χ0v) is 12.4. The lowest BCUT2D eigenvalue weighted by molar-refractivity contribution is 0.102. The summed E-state index contributed by atoms with van der Waals surface area (Å²) in [5.74, 6) is -0.131. The minimum atomic E-state index is -0.131. The fraction of sp³-hybridized carbons (Fsp3) is 0.0667. The molecule has 0 fully saturated rings. The molecule has 1 heterocycles. The minimum absolute atomic E-state index is 0.131. The summed E-state index contributed by atoms with van der Waals surface area (Å²) in [4.78, 5) is 12.2. The first-order valence-corrected chi connectivity index (χ1v) is 6.93. The summed E-state index contributed by atoms with van der Waals surface area (Å²) < 4.78 is 0.895. The zero-order chi connectivity index (χ0) is 14.1. The number of benzene rings is 2. The van der Waals surface area contributed by atoms with Gasteiger partial charge in [-0.2, -0.15) is 5.10 Å². The van der Waals surface area contributed by atoms with E-state index in [4.69, 9.17) is 0 Å². The Hall–Kier alpha value is -2.14. The number of fused-ring (bicyclic) bond motifs is 1. The number of nitrogens with zero attached hydrogens (tertiary/aromatic N) is 1. The summed E-state index contributed by atoms with van der Waals surface area (Å²) in [6, 6.07) is 11.3. The fourth-order valence-corrected chi connectivity index (χ4v) is 2.69. The first-order valence-electron chi connectivity index (χ1n) is 6.13. The number of halogens is 1. The first kappa shape index (κ1) is 12.9. The average Bonchev–Trinajstić information content (AvgIpc) is 2.85. The van der Waals surface area contributed by atoms with E-state index in [1.54, 1.807) is 12.3 Å². The van der Waals surface area contributed by atoms with Crippen molar-refractivity contribution in [1.29, 1.82) is 0 Å². The average molecular weight is 330 g/mol. The van der Waals surface area contributed by atoms with Gasteiger partial charge in [-0.3, -0.25) is 9.89 Å². The van der Waals surface area contributed by atoms with Crippen LogP contribution in [0, 0.1) is 6.92 Å². The van der Waals surface area contributed by atoms with Gasteiger partial charge in [0.15, 0.2) is 0 Å². The van der Waals surface area contributed by atoms with E-state index in [0.29, 0.717) is 5.56 Å². The molecule has 2 N–H and O–H groups in total. The molecule has 0 unspecified atom stereocenters. The van der Waals surface area contributed by atoms with E-state index in [-0.39, 0.29) is 5.91 Å². The Morgan fingerprint density at radius 3 is 2.90 bits per heavy atom. The number of anilines is 1. The summed E-state index contributed by atoms with van der Waals surface area (Å²) in [5, 5.41) is 10.7. The smallest absolute Gasteiger partial charge is 0.255 e. The van der Waals surface area contributed by atoms with E-state index in [2.05, 4.69) is 31.4 Å². The molecule has 0 spiro atoms. The van der Waals surface area contributed by atoms with E-state index in [0.717, 1.165) is 26.6 Å². The Balaban J connectivity index is 1.87. The predicted octanol–water partition coefficient (Wildman–Crippen LogP) is 3.89. The summed E-state index contributed by atoms with van der Waals surface area (Å²) in [5.41, 5.74) is 3.30. The molecule has 0 saturated carbocycles. The highest BCUT2D eigenvalue weighted by Crippen LogP contribution is 2.19. The summed E-state index contributed by atoms with van der Waals surface area (Å²) in [7, 11) is 0. The van der Waals surface area contributed by atoms with Crippen LogP contribution >= 0.6 is 15.9 Å². The van der Waals surface area contributed by atoms with Crippen LogP contribution in [0.3, 0.4) is 0 Å². The molecule has 100 valence electrons. The van der Waals surface area contributed by atoms with Gasteiger partial charge in [0.2, 0.25) is 0 Å². The highest BCUT2D eigenvalue weighted by Gasteiger charge is 2.08. The van der Waals surface area contributed by atoms with Crippen LogP contribution in [0.15, 0.2) is 47.1 Å². The van der Waals surface area contributed by atoms with Crippen LogP contribution in [-0.2, 0) is 0 Å². The second-order valence-corrected chi connectivity index (χ2v) is 5.56. The lowest BCUT2D eigenvalue weighted by atomic mass is 10.1. The number of carbonyl (C=O) groups is 1.